The van der Waals surface area contributed by atoms with Gasteiger partial charge >= 0.3 is 0 Å². The Bertz CT molecular complexity index is 891. The highest BCUT2D eigenvalue weighted by molar-refractivity contribution is 6.04. The predicted octanol–water partition coefficient (Wildman–Crippen LogP) is 3.98. The van der Waals surface area contributed by atoms with Gasteiger partial charge in [-0.05, 0) is 37.6 Å². The second kappa shape index (κ2) is 8.89. The average Bonchev–Trinajstić information content (AvgIpc) is 3.11. The zero-order valence-corrected chi connectivity index (χ0v) is 15.5. The highest BCUT2D eigenvalue weighted by Crippen LogP contribution is 2.28. The number of aromatic nitrogens is 2. The number of hydrogen-bond donors (Lipinski definition) is 1. The summed E-state index contributed by atoms with van der Waals surface area (Å²) in [6.45, 7) is 5.48. The Kier molecular flexibility index (Phi) is 6.10. The molecule has 6 heteroatoms. The van der Waals surface area contributed by atoms with E-state index in [1.807, 2.05) is 50.4 Å². The van der Waals surface area contributed by atoms with Gasteiger partial charge in [-0.1, -0.05) is 30.3 Å². The molecule has 1 aromatic heterocycles. The van der Waals surface area contributed by atoms with Crippen LogP contribution in [0.1, 0.15) is 29.8 Å². The van der Waals surface area contributed by atoms with E-state index in [2.05, 4.69) is 10.4 Å². The number of rotatable bonds is 8. The number of carbonyl (C=O) groups excluding carboxylic acids is 1. The molecule has 0 saturated heterocycles. The average molecular weight is 365 g/mol. The first-order valence-corrected chi connectivity index (χ1v) is 8.97. The molecule has 0 spiro atoms. The standard InChI is InChI=1S/C21H23N3O3/c1-3-26-19-11-10-17(12-20(19)27-4-2)21(25)23-18-13-22-24(15-18)14-16-8-6-5-7-9-16/h5-13,15H,3-4,14H2,1-2H3,(H,23,25). The lowest BCUT2D eigenvalue weighted by Gasteiger charge is -2.12. The molecule has 27 heavy (non-hydrogen) atoms. The van der Waals surface area contributed by atoms with Crippen LogP contribution in [0, 0.1) is 0 Å². The molecule has 1 amide bonds. The highest BCUT2D eigenvalue weighted by atomic mass is 16.5. The van der Waals surface area contributed by atoms with Gasteiger partial charge in [0.05, 0.1) is 31.6 Å². The highest BCUT2D eigenvalue weighted by Gasteiger charge is 2.12. The molecule has 0 saturated carbocycles. The number of carbonyl (C=O) groups is 1. The largest absolute Gasteiger partial charge is 0.490 e. The van der Waals surface area contributed by atoms with Gasteiger partial charge in [0.15, 0.2) is 11.5 Å². The van der Waals surface area contributed by atoms with Crippen LogP contribution in [0.25, 0.3) is 0 Å². The molecule has 0 aliphatic rings. The first kappa shape index (κ1) is 18.5. The number of amides is 1. The summed E-state index contributed by atoms with van der Waals surface area (Å²) in [6.07, 6.45) is 3.45. The van der Waals surface area contributed by atoms with Gasteiger partial charge in [-0.25, -0.2) is 0 Å². The fourth-order valence-electron chi connectivity index (χ4n) is 2.68. The van der Waals surface area contributed by atoms with Crippen molar-refractivity contribution in [2.45, 2.75) is 20.4 Å². The van der Waals surface area contributed by atoms with Gasteiger partial charge in [0.1, 0.15) is 0 Å². The van der Waals surface area contributed by atoms with Crippen LogP contribution in [0.2, 0.25) is 0 Å². The fourth-order valence-corrected chi connectivity index (χ4v) is 2.68. The van der Waals surface area contributed by atoms with Gasteiger partial charge in [-0.15, -0.1) is 0 Å². The Balaban J connectivity index is 1.69. The number of nitrogens with one attached hydrogen (secondary N) is 1. The second-order valence-corrected chi connectivity index (χ2v) is 5.89. The predicted molar refractivity (Wildman–Crippen MR) is 105 cm³/mol. The Morgan fingerprint density at radius 1 is 1.04 bits per heavy atom. The van der Waals surface area contributed by atoms with Crippen LogP contribution in [0.5, 0.6) is 11.5 Å². The zero-order chi connectivity index (χ0) is 19.1. The van der Waals surface area contributed by atoms with Crippen molar-refractivity contribution in [2.24, 2.45) is 0 Å². The maximum atomic E-state index is 12.6. The van der Waals surface area contributed by atoms with E-state index in [4.69, 9.17) is 9.47 Å². The molecule has 0 atom stereocenters. The Morgan fingerprint density at radius 2 is 1.78 bits per heavy atom. The molecule has 0 radical (unpaired) electrons. The van der Waals surface area contributed by atoms with Gasteiger partial charge in [0, 0.05) is 11.8 Å². The second-order valence-electron chi connectivity index (χ2n) is 5.89. The Labute approximate surface area is 158 Å². The molecule has 0 bridgehead atoms. The van der Waals surface area contributed by atoms with Crippen LogP contribution in [-0.2, 0) is 6.54 Å². The molecule has 0 fully saturated rings. The third kappa shape index (κ3) is 4.88. The summed E-state index contributed by atoms with van der Waals surface area (Å²) in [6, 6.07) is 15.2. The lowest BCUT2D eigenvalue weighted by molar-refractivity contribution is 0.102. The minimum absolute atomic E-state index is 0.224. The first-order chi connectivity index (χ1) is 13.2. The smallest absolute Gasteiger partial charge is 0.255 e. The SMILES string of the molecule is CCOc1ccc(C(=O)Nc2cnn(Cc3ccccc3)c2)cc1OCC. The molecular weight excluding hydrogens is 342 g/mol. The van der Waals surface area contributed by atoms with Crippen molar-refractivity contribution in [1.29, 1.82) is 0 Å². The molecule has 3 aromatic rings. The van der Waals surface area contributed by atoms with E-state index in [0.29, 0.717) is 42.5 Å². The molecule has 1 N–H and O–H groups in total. The van der Waals surface area contributed by atoms with Gasteiger partial charge in [-0.2, -0.15) is 5.10 Å². The quantitative estimate of drug-likeness (QED) is 0.656. The van der Waals surface area contributed by atoms with E-state index in [9.17, 15) is 4.79 Å². The molecule has 1 heterocycles. The number of hydrogen-bond acceptors (Lipinski definition) is 4. The molecule has 0 aliphatic carbocycles. The Hall–Kier alpha value is -3.28. The van der Waals surface area contributed by atoms with E-state index >= 15 is 0 Å². The van der Waals surface area contributed by atoms with Crippen molar-refractivity contribution >= 4 is 11.6 Å². The lowest BCUT2D eigenvalue weighted by atomic mass is 10.2. The lowest BCUT2D eigenvalue weighted by Crippen LogP contribution is -2.12. The zero-order valence-electron chi connectivity index (χ0n) is 15.5. The van der Waals surface area contributed by atoms with Gasteiger partial charge in [0.2, 0.25) is 0 Å². The summed E-state index contributed by atoms with van der Waals surface area (Å²) in [5.74, 6) is 0.969. The van der Waals surface area contributed by atoms with Crippen LogP contribution in [-0.4, -0.2) is 28.9 Å². The van der Waals surface area contributed by atoms with Crippen LogP contribution in [0.4, 0.5) is 5.69 Å². The fraction of sp³-hybridized carbons (Fsp3) is 0.238. The van der Waals surface area contributed by atoms with Crippen LogP contribution >= 0.6 is 0 Å². The van der Waals surface area contributed by atoms with E-state index in [1.165, 1.54) is 0 Å². The van der Waals surface area contributed by atoms with Crippen LogP contribution in [0.15, 0.2) is 60.9 Å². The van der Waals surface area contributed by atoms with Crippen molar-refractivity contribution in [3.8, 4) is 11.5 Å². The minimum atomic E-state index is -0.224. The maximum absolute atomic E-state index is 12.6. The molecular formula is C21H23N3O3. The molecule has 140 valence electrons. The van der Waals surface area contributed by atoms with Gasteiger partial charge in [-0.3, -0.25) is 9.48 Å². The summed E-state index contributed by atoms with van der Waals surface area (Å²) < 4.78 is 12.9. The number of benzene rings is 2. The van der Waals surface area contributed by atoms with Crippen molar-refractivity contribution in [3.63, 3.8) is 0 Å². The van der Waals surface area contributed by atoms with Crippen molar-refractivity contribution < 1.29 is 14.3 Å². The molecule has 3 rings (SSSR count). The monoisotopic (exact) mass is 365 g/mol. The van der Waals surface area contributed by atoms with Crippen molar-refractivity contribution in [3.05, 3.63) is 72.1 Å². The Morgan fingerprint density at radius 3 is 2.52 bits per heavy atom. The summed E-state index contributed by atoms with van der Waals surface area (Å²) >= 11 is 0. The van der Waals surface area contributed by atoms with Gasteiger partial charge < -0.3 is 14.8 Å². The van der Waals surface area contributed by atoms with E-state index in [0.717, 1.165) is 5.56 Å². The van der Waals surface area contributed by atoms with E-state index in [-0.39, 0.29) is 5.91 Å². The molecule has 2 aromatic carbocycles. The van der Waals surface area contributed by atoms with Crippen molar-refractivity contribution in [2.75, 3.05) is 18.5 Å². The summed E-state index contributed by atoms with van der Waals surface area (Å²) in [4.78, 5) is 12.6. The van der Waals surface area contributed by atoms with E-state index in [1.54, 1.807) is 29.1 Å². The number of nitrogens with zero attached hydrogens (tertiary/aromatic N) is 2. The third-order valence-corrected chi connectivity index (χ3v) is 3.88. The van der Waals surface area contributed by atoms with Crippen LogP contribution < -0.4 is 14.8 Å². The summed E-state index contributed by atoms with van der Waals surface area (Å²) in [7, 11) is 0. The number of ether oxygens (including phenoxy) is 2. The van der Waals surface area contributed by atoms with Gasteiger partial charge in [0.25, 0.3) is 5.91 Å². The minimum Gasteiger partial charge on any atom is -0.490 e. The first-order valence-electron chi connectivity index (χ1n) is 8.97. The topological polar surface area (TPSA) is 65.4 Å². The third-order valence-electron chi connectivity index (χ3n) is 3.88. The van der Waals surface area contributed by atoms with Crippen LogP contribution in [0.3, 0.4) is 0 Å². The van der Waals surface area contributed by atoms with Crippen molar-refractivity contribution in [1.82, 2.24) is 9.78 Å². The maximum Gasteiger partial charge on any atom is 0.255 e. The molecule has 0 aliphatic heterocycles. The number of anilines is 1. The normalized spacial score (nSPS) is 10.4. The summed E-state index contributed by atoms with van der Waals surface area (Å²) in [5.41, 5.74) is 2.28. The van der Waals surface area contributed by atoms with E-state index < -0.39 is 0 Å². The summed E-state index contributed by atoms with van der Waals surface area (Å²) in [5, 5.41) is 7.17. The molecule has 6 nitrogen and oxygen atoms in total. The molecule has 0 unspecified atom stereocenters.